The van der Waals surface area contributed by atoms with Gasteiger partial charge in [0.2, 0.25) is 0 Å². The minimum Gasteiger partial charge on any atom is -0.402 e. The third-order valence-electron chi connectivity index (χ3n) is 2.33. The van der Waals surface area contributed by atoms with Gasteiger partial charge in [-0.05, 0) is 37.0 Å². The minimum atomic E-state index is 1.01. The molecule has 0 unspecified atom stereocenters. The zero-order chi connectivity index (χ0) is 10.6. The summed E-state index contributed by atoms with van der Waals surface area (Å²) in [6.07, 6.45) is 4.19. The fourth-order valence-corrected chi connectivity index (χ4v) is 1.63. The Morgan fingerprint density at radius 1 is 1.14 bits per heavy atom. The van der Waals surface area contributed by atoms with Gasteiger partial charge < -0.3 is 5.73 Å². The first-order chi connectivity index (χ1) is 6.75. The number of hydrogen-bond acceptors (Lipinski definition) is 1. The van der Waals surface area contributed by atoms with Gasteiger partial charge in [0.25, 0.3) is 0 Å². The highest BCUT2D eigenvalue weighted by Crippen LogP contribution is 2.22. The van der Waals surface area contributed by atoms with Gasteiger partial charge in [-0.2, -0.15) is 0 Å². The second kappa shape index (κ2) is 4.85. The fourth-order valence-electron chi connectivity index (χ4n) is 1.63. The summed E-state index contributed by atoms with van der Waals surface area (Å²) < 4.78 is 0. The maximum atomic E-state index is 5.76. The molecular weight excluding hydrogens is 170 g/mol. The molecule has 0 fully saturated rings. The van der Waals surface area contributed by atoms with E-state index in [2.05, 4.69) is 31.2 Å². The molecule has 0 spiro atoms. The van der Waals surface area contributed by atoms with Gasteiger partial charge in [0.1, 0.15) is 0 Å². The molecule has 1 aromatic rings. The van der Waals surface area contributed by atoms with Gasteiger partial charge in [-0.25, -0.2) is 0 Å². The van der Waals surface area contributed by atoms with Crippen molar-refractivity contribution in [3.8, 4) is 0 Å². The number of rotatable bonds is 0. The van der Waals surface area contributed by atoms with E-state index < -0.39 is 0 Å². The highest BCUT2D eigenvalue weighted by atomic mass is 14.6. The average molecular weight is 189 g/mol. The van der Waals surface area contributed by atoms with E-state index in [4.69, 9.17) is 5.73 Å². The highest BCUT2D eigenvalue weighted by molar-refractivity contribution is 5.59. The van der Waals surface area contributed by atoms with Crippen molar-refractivity contribution in [2.75, 3.05) is 0 Å². The van der Waals surface area contributed by atoms with Crippen LogP contribution in [0.4, 0.5) is 0 Å². The number of fused-ring (bicyclic) bond motifs is 1. The summed E-state index contributed by atoms with van der Waals surface area (Å²) in [4.78, 5) is 0. The Hall–Kier alpha value is -1.24. The third kappa shape index (κ3) is 2.38. The van der Waals surface area contributed by atoms with Gasteiger partial charge >= 0.3 is 0 Å². The SMILES string of the molecule is CC.Cc1ccc2c(c1)C=C(N)CC2. The molecule has 1 aliphatic rings. The number of hydrogen-bond donors (Lipinski definition) is 1. The molecule has 2 rings (SSSR count). The standard InChI is InChI=1S/C11H13N.C2H6/c1-8-2-3-9-4-5-11(12)7-10(9)6-8;1-2/h2-3,6-7H,4-5,12H2,1H3;1-2H3. The van der Waals surface area contributed by atoms with Crippen LogP contribution < -0.4 is 5.73 Å². The van der Waals surface area contributed by atoms with Crippen LogP contribution in [-0.4, -0.2) is 0 Å². The first-order valence-electron chi connectivity index (χ1n) is 5.31. The van der Waals surface area contributed by atoms with Crippen LogP contribution in [0, 0.1) is 6.92 Å². The van der Waals surface area contributed by atoms with E-state index in [0.29, 0.717) is 0 Å². The molecule has 0 heterocycles. The van der Waals surface area contributed by atoms with Crippen molar-refractivity contribution in [1.82, 2.24) is 0 Å². The Morgan fingerprint density at radius 3 is 2.57 bits per heavy atom. The topological polar surface area (TPSA) is 26.0 Å². The van der Waals surface area contributed by atoms with E-state index in [1.165, 1.54) is 16.7 Å². The summed E-state index contributed by atoms with van der Waals surface area (Å²) in [5, 5.41) is 0. The van der Waals surface area contributed by atoms with Crippen molar-refractivity contribution < 1.29 is 0 Å². The Bertz CT molecular complexity index is 337. The summed E-state index contributed by atoms with van der Waals surface area (Å²) >= 11 is 0. The van der Waals surface area contributed by atoms with Gasteiger partial charge in [0.15, 0.2) is 0 Å². The molecule has 0 saturated heterocycles. The molecule has 0 saturated carbocycles. The lowest BCUT2D eigenvalue weighted by atomic mass is 9.94. The van der Waals surface area contributed by atoms with Crippen LogP contribution in [0.3, 0.4) is 0 Å². The van der Waals surface area contributed by atoms with E-state index in [9.17, 15) is 0 Å². The summed E-state index contributed by atoms with van der Waals surface area (Å²) in [6.45, 7) is 6.11. The summed E-state index contributed by atoms with van der Waals surface area (Å²) in [7, 11) is 0. The van der Waals surface area contributed by atoms with Crippen molar-refractivity contribution in [3.05, 3.63) is 40.6 Å². The van der Waals surface area contributed by atoms with Gasteiger partial charge in [0, 0.05) is 5.70 Å². The van der Waals surface area contributed by atoms with Crippen molar-refractivity contribution in [2.24, 2.45) is 5.73 Å². The minimum absolute atomic E-state index is 1.01. The van der Waals surface area contributed by atoms with E-state index in [0.717, 1.165) is 18.5 Å². The monoisotopic (exact) mass is 189 g/mol. The fraction of sp³-hybridized carbons (Fsp3) is 0.385. The van der Waals surface area contributed by atoms with Crippen LogP contribution in [0.1, 0.15) is 37.0 Å². The predicted octanol–water partition coefficient (Wildman–Crippen LogP) is 3.27. The second-order valence-corrected chi connectivity index (χ2v) is 3.42. The first kappa shape index (κ1) is 10.8. The smallest absolute Gasteiger partial charge is 0.00899 e. The molecule has 0 aliphatic heterocycles. The first-order valence-corrected chi connectivity index (χ1v) is 5.31. The molecule has 1 aliphatic carbocycles. The molecule has 0 aromatic heterocycles. The van der Waals surface area contributed by atoms with Crippen molar-refractivity contribution in [3.63, 3.8) is 0 Å². The summed E-state index contributed by atoms with van der Waals surface area (Å²) in [5.74, 6) is 0. The maximum absolute atomic E-state index is 5.76. The van der Waals surface area contributed by atoms with Crippen LogP contribution in [0.15, 0.2) is 23.9 Å². The number of nitrogens with two attached hydrogens (primary N) is 1. The van der Waals surface area contributed by atoms with Crippen molar-refractivity contribution in [1.29, 1.82) is 0 Å². The lowest BCUT2D eigenvalue weighted by Crippen LogP contribution is -2.05. The molecule has 2 N–H and O–H groups in total. The zero-order valence-electron chi connectivity index (χ0n) is 9.30. The van der Waals surface area contributed by atoms with Gasteiger partial charge in [0.05, 0.1) is 0 Å². The average Bonchev–Trinajstić information content (AvgIpc) is 2.20. The Morgan fingerprint density at radius 2 is 1.86 bits per heavy atom. The second-order valence-electron chi connectivity index (χ2n) is 3.42. The summed E-state index contributed by atoms with van der Waals surface area (Å²) in [5.41, 5.74) is 10.8. The Balaban J connectivity index is 0.000000461. The molecule has 76 valence electrons. The largest absolute Gasteiger partial charge is 0.402 e. The lowest BCUT2D eigenvalue weighted by Gasteiger charge is -2.13. The molecule has 0 atom stereocenters. The molecule has 1 heteroatoms. The van der Waals surface area contributed by atoms with Crippen LogP contribution >= 0.6 is 0 Å². The van der Waals surface area contributed by atoms with Gasteiger partial charge in [-0.3, -0.25) is 0 Å². The lowest BCUT2D eigenvalue weighted by molar-refractivity contribution is 0.913. The van der Waals surface area contributed by atoms with Crippen LogP contribution in [0.25, 0.3) is 6.08 Å². The van der Waals surface area contributed by atoms with Crippen LogP contribution in [0.2, 0.25) is 0 Å². The molecular formula is C13H19N. The molecule has 1 nitrogen and oxygen atoms in total. The Kier molecular flexibility index (Phi) is 3.75. The summed E-state index contributed by atoms with van der Waals surface area (Å²) in [6, 6.07) is 6.56. The molecule has 0 amide bonds. The number of allylic oxidation sites excluding steroid dienone is 1. The molecule has 0 radical (unpaired) electrons. The van der Waals surface area contributed by atoms with E-state index in [1.54, 1.807) is 0 Å². The normalized spacial score (nSPS) is 13.5. The van der Waals surface area contributed by atoms with Crippen LogP contribution in [-0.2, 0) is 6.42 Å². The molecule has 1 aromatic carbocycles. The number of benzene rings is 1. The zero-order valence-corrected chi connectivity index (χ0v) is 9.30. The molecule has 0 bridgehead atoms. The maximum Gasteiger partial charge on any atom is 0.00899 e. The van der Waals surface area contributed by atoms with E-state index in [1.807, 2.05) is 13.8 Å². The number of aryl methyl sites for hydroxylation is 2. The van der Waals surface area contributed by atoms with Crippen LogP contribution in [0.5, 0.6) is 0 Å². The quantitative estimate of drug-likeness (QED) is 0.666. The predicted molar refractivity (Wildman–Crippen MR) is 63.0 cm³/mol. The molecule has 14 heavy (non-hydrogen) atoms. The van der Waals surface area contributed by atoms with Gasteiger partial charge in [-0.1, -0.05) is 37.6 Å². The van der Waals surface area contributed by atoms with Crippen molar-refractivity contribution >= 4 is 6.08 Å². The Labute approximate surface area is 86.6 Å². The third-order valence-corrected chi connectivity index (χ3v) is 2.33. The van der Waals surface area contributed by atoms with Gasteiger partial charge in [-0.15, -0.1) is 0 Å². The highest BCUT2D eigenvalue weighted by Gasteiger charge is 2.07. The van der Waals surface area contributed by atoms with E-state index in [-0.39, 0.29) is 0 Å². The van der Waals surface area contributed by atoms with Crippen molar-refractivity contribution in [2.45, 2.75) is 33.6 Å². The van der Waals surface area contributed by atoms with E-state index >= 15 is 0 Å².